The molecule has 20 heavy (non-hydrogen) atoms. The number of nitrogens with one attached hydrogen (secondary N) is 1. The zero-order chi connectivity index (χ0) is 14.5. The first-order chi connectivity index (χ1) is 9.54. The average molecular weight is 282 g/mol. The highest BCUT2D eigenvalue weighted by Crippen LogP contribution is 2.10. The van der Waals surface area contributed by atoms with E-state index in [-0.39, 0.29) is 18.1 Å². The zero-order valence-corrected chi connectivity index (χ0v) is 12.0. The van der Waals surface area contributed by atoms with E-state index in [1.807, 2.05) is 6.92 Å². The van der Waals surface area contributed by atoms with E-state index in [9.17, 15) is 4.79 Å². The Balaban J connectivity index is 1.73. The summed E-state index contributed by atoms with van der Waals surface area (Å²) in [4.78, 5) is 14.0. The summed E-state index contributed by atoms with van der Waals surface area (Å²) in [6.45, 7) is 6.68. The zero-order valence-electron chi connectivity index (χ0n) is 12.0. The van der Waals surface area contributed by atoms with Gasteiger partial charge in [0.15, 0.2) is 5.82 Å². The van der Waals surface area contributed by atoms with E-state index in [4.69, 9.17) is 15.0 Å². The molecule has 0 radical (unpaired) electrons. The lowest BCUT2D eigenvalue weighted by Crippen LogP contribution is -2.50. The van der Waals surface area contributed by atoms with Crippen LogP contribution in [0.3, 0.4) is 0 Å². The van der Waals surface area contributed by atoms with E-state index in [0.29, 0.717) is 31.2 Å². The number of rotatable bonds is 5. The minimum Gasteiger partial charge on any atom is -0.374 e. The van der Waals surface area contributed by atoms with E-state index >= 15 is 0 Å². The smallest absolute Gasteiger partial charge is 0.226 e. The van der Waals surface area contributed by atoms with Crippen LogP contribution in [-0.2, 0) is 9.53 Å². The lowest BCUT2D eigenvalue weighted by molar-refractivity contribution is -0.117. The van der Waals surface area contributed by atoms with Crippen LogP contribution in [0.15, 0.2) is 10.6 Å². The van der Waals surface area contributed by atoms with Crippen LogP contribution in [0.5, 0.6) is 0 Å². The maximum Gasteiger partial charge on any atom is 0.226 e. The molecule has 0 aromatic carbocycles. The second-order valence-electron chi connectivity index (χ2n) is 5.19. The van der Waals surface area contributed by atoms with E-state index in [2.05, 4.69) is 15.4 Å². The molecule has 1 fully saturated rings. The van der Waals surface area contributed by atoms with E-state index in [0.717, 1.165) is 13.1 Å². The number of morpholine rings is 1. The Morgan fingerprint density at radius 1 is 1.70 bits per heavy atom. The number of nitrogens with zero attached hydrogens (tertiary/aromatic N) is 2. The summed E-state index contributed by atoms with van der Waals surface area (Å²) in [6.07, 6.45) is 0.461. The molecule has 0 bridgehead atoms. The summed E-state index contributed by atoms with van der Waals surface area (Å²) >= 11 is 0. The Hall–Kier alpha value is -1.44. The van der Waals surface area contributed by atoms with Crippen LogP contribution < -0.4 is 11.1 Å². The molecule has 2 rings (SSSR count). The number of carbonyl (C=O) groups is 1. The normalized spacial score (nSPS) is 21.6. The number of carbonyl (C=O) groups excluding carboxylic acids is 1. The van der Waals surface area contributed by atoms with Gasteiger partial charge in [0.2, 0.25) is 5.91 Å². The van der Waals surface area contributed by atoms with E-state index in [1.165, 1.54) is 0 Å². The summed E-state index contributed by atoms with van der Waals surface area (Å²) < 4.78 is 10.5. The highest BCUT2D eigenvalue weighted by atomic mass is 16.5. The fraction of sp³-hybridized carbons (Fsp3) is 0.692. The van der Waals surface area contributed by atoms with Gasteiger partial charge in [-0.25, -0.2) is 0 Å². The van der Waals surface area contributed by atoms with Gasteiger partial charge in [0.05, 0.1) is 12.7 Å². The molecule has 3 N–H and O–H groups in total. The summed E-state index contributed by atoms with van der Waals surface area (Å²) in [5.41, 5.74) is 5.84. The summed E-state index contributed by atoms with van der Waals surface area (Å²) in [7, 11) is 0. The molecular formula is C13H22N4O3. The Morgan fingerprint density at radius 2 is 2.50 bits per heavy atom. The number of ether oxygens (including phenoxy) is 1. The van der Waals surface area contributed by atoms with Gasteiger partial charge in [0, 0.05) is 38.2 Å². The van der Waals surface area contributed by atoms with Gasteiger partial charge in [-0.3, -0.25) is 9.69 Å². The Morgan fingerprint density at radius 3 is 3.15 bits per heavy atom. The number of amides is 1. The van der Waals surface area contributed by atoms with Crippen LogP contribution >= 0.6 is 0 Å². The van der Waals surface area contributed by atoms with Gasteiger partial charge < -0.3 is 20.3 Å². The molecule has 7 nitrogen and oxygen atoms in total. The fourth-order valence-corrected chi connectivity index (χ4v) is 2.14. The maximum atomic E-state index is 11.8. The predicted molar refractivity (Wildman–Crippen MR) is 74.3 cm³/mol. The van der Waals surface area contributed by atoms with Gasteiger partial charge in [0.25, 0.3) is 0 Å². The molecule has 0 aliphatic carbocycles. The highest BCUT2D eigenvalue weighted by molar-refractivity contribution is 5.89. The molecule has 1 aliphatic heterocycles. The third-order valence-electron chi connectivity index (χ3n) is 3.31. The molecule has 112 valence electrons. The number of aryl methyl sites for hydroxylation is 1. The SMILES string of the molecule is Cc1cc(NC(=O)CCN2CCOC(C(C)N)C2)no1. The highest BCUT2D eigenvalue weighted by Gasteiger charge is 2.23. The van der Waals surface area contributed by atoms with Crippen molar-refractivity contribution >= 4 is 11.7 Å². The molecule has 1 amide bonds. The van der Waals surface area contributed by atoms with E-state index in [1.54, 1.807) is 13.0 Å². The van der Waals surface area contributed by atoms with E-state index < -0.39 is 0 Å². The van der Waals surface area contributed by atoms with Gasteiger partial charge in [-0.1, -0.05) is 5.16 Å². The van der Waals surface area contributed by atoms with Gasteiger partial charge in [-0.2, -0.15) is 0 Å². The Labute approximate surface area is 118 Å². The summed E-state index contributed by atoms with van der Waals surface area (Å²) in [5, 5.41) is 6.44. The molecule has 2 unspecified atom stereocenters. The molecule has 1 aromatic rings. The van der Waals surface area contributed by atoms with Crippen molar-refractivity contribution < 1.29 is 14.1 Å². The number of aromatic nitrogens is 1. The fourth-order valence-electron chi connectivity index (χ4n) is 2.14. The maximum absolute atomic E-state index is 11.8. The molecule has 1 aromatic heterocycles. The van der Waals surface area contributed by atoms with Gasteiger partial charge in [-0.15, -0.1) is 0 Å². The van der Waals surface area contributed by atoms with Gasteiger partial charge in [0.1, 0.15) is 5.76 Å². The molecule has 0 saturated carbocycles. The molecular weight excluding hydrogens is 260 g/mol. The van der Waals surface area contributed by atoms with Gasteiger partial charge in [-0.05, 0) is 13.8 Å². The predicted octanol–water partition coefficient (Wildman–Crippen LogP) is 0.360. The Kier molecular flexibility index (Phi) is 5.11. The first-order valence-corrected chi connectivity index (χ1v) is 6.87. The minimum atomic E-state index is -0.0675. The number of hydrogen-bond donors (Lipinski definition) is 2. The average Bonchev–Trinajstić information content (AvgIpc) is 2.82. The Bertz CT molecular complexity index is 447. The van der Waals surface area contributed by atoms with Crippen molar-refractivity contribution in [2.45, 2.75) is 32.4 Å². The number of anilines is 1. The van der Waals surface area contributed by atoms with Crippen LogP contribution in [0.2, 0.25) is 0 Å². The van der Waals surface area contributed by atoms with Gasteiger partial charge >= 0.3 is 0 Å². The largest absolute Gasteiger partial charge is 0.374 e. The molecule has 2 atom stereocenters. The summed E-state index contributed by atoms with van der Waals surface area (Å²) in [5.74, 6) is 1.07. The van der Waals surface area contributed by atoms with Crippen molar-refractivity contribution in [1.82, 2.24) is 10.1 Å². The second-order valence-corrected chi connectivity index (χ2v) is 5.19. The third kappa shape index (κ3) is 4.29. The van der Waals surface area contributed by atoms with Crippen LogP contribution in [-0.4, -0.2) is 54.4 Å². The van der Waals surface area contributed by atoms with Crippen LogP contribution in [0.1, 0.15) is 19.1 Å². The van der Waals surface area contributed by atoms with Crippen LogP contribution in [0, 0.1) is 6.92 Å². The topological polar surface area (TPSA) is 93.6 Å². The molecule has 1 aliphatic rings. The van der Waals surface area contributed by atoms with Crippen molar-refractivity contribution in [2.75, 3.05) is 31.6 Å². The molecule has 7 heteroatoms. The van der Waals surface area contributed by atoms with Crippen molar-refractivity contribution in [3.63, 3.8) is 0 Å². The third-order valence-corrected chi connectivity index (χ3v) is 3.31. The lowest BCUT2D eigenvalue weighted by atomic mass is 10.1. The lowest BCUT2D eigenvalue weighted by Gasteiger charge is -2.34. The minimum absolute atomic E-state index is 0.00438. The van der Waals surface area contributed by atoms with Crippen molar-refractivity contribution in [2.24, 2.45) is 5.73 Å². The van der Waals surface area contributed by atoms with Crippen molar-refractivity contribution in [3.05, 3.63) is 11.8 Å². The summed E-state index contributed by atoms with van der Waals surface area (Å²) in [6, 6.07) is 1.70. The first-order valence-electron chi connectivity index (χ1n) is 6.87. The number of nitrogens with two attached hydrogens (primary N) is 1. The van der Waals surface area contributed by atoms with Crippen LogP contribution in [0.4, 0.5) is 5.82 Å². The first kappa shape index (κ1) is 15.0. The monoisotopic (exact) mass is 282 g/mol. The standard InChI is InChI=1S/C13H22N4O3/c1-9-7-12(16-20-9)15-13(18)3-4-17-5-6-19-11(8-17)10(2)14/h7,10-11H,3-6,8,14H2,1-2H3,(H,15,16,18). The van der Waals surface area contributed by atoms with Crippen molar-refractivity contribution in [1.29, 1.82) is 0 Å². The van der Waals surface area contributed by atoms with Crippen molar-refractivity contribution in [3.8, 4) is 0 Å². The molecule has 2 heterocycles. The number of hydrogen-bond acceptors (Lipinski definition) is 6. The molecule has 0 spiro atoms. The van der Waals surface area contributed by atoms with Crippen LogP contribution in [0.25, 0.3) is 0 Å². The molecule has 1 saturated heterocycles. The quantitative estimate of drug-likeness (QED) is 0.810. The second kappa shape index (κ2) is 6.83.